The molecule has 0 radical (unpaired) electrons. The van der Waals surface area contributed by atoms with Crippen LogP contribution >= 0.6 is 0 Å². The molecule has 0 aromatic carbocycles. The molecule has 0 aromatic rings. The Kier molecular flexibility index (Phi) is 2.90. The maximum Gasteiger partial charge on any atom is 0.214 e. The molecule has 0 unspecified atom stereocenters. The largest absolute Gasteiger partial charge is 0.218 e. The SMILES string of the molecule is C=C1CCC(S(=O)(=O)NC)CC1. The van der Waals surface area contributed by atoms with E-state index in [-0.39, 0.29) is 5.25 Å². The molecule has 4 heteroatoms. The van der Waals surface area contributed by atoms with Crippen LogP contribution in [0.5, 0.6) is 0 Å². The zero-order valence-electron chi connectivity index (χ0n) is 7.34. The second-order valence-corrected chi connectivity index (χ2v) is 5.36. The standard InChI is InChI=1S/C8H15NO2S/c1-7-3-5-8(6-4-7)12(10,11)9-2/h8-9H,1,3-6H2,2H3. The van der Waals surface area contributed by atoms with Gasteiger partial charge in [-0.2, -0.15) is 0 Å². The van der Waals surface area contributed by atoms with Crippen molar-refractivity contribution in [3.63, 3.8) is 0 Å². The fourth-order valence-electron chi connectivity index (χ4n) is 1.48. The van der Waals surface area contributed by atoms with E-state index in [1.54, 1.807) is 0 Å². The molecule has 1 fully saturated rings. The molecule has 0 amide bonds. The molecule has 1 aliphatic carbocycles. The Morgan fingerprint density at radius 2 is 1.92 bits per heavy atom. The molecule has 1 rings (SSSR count). The van der Waals surface area contributed by atoms with E-state index in [2.05, 4.69) is 11.3 Å². The molecule has 0 atom stereocenters. The molecule has 70 valence electrons. The monoisotopic (exact) mass is 189 g/mol. The molecule has 12 heavy (non-hydrogen) atoms. The Bertz CT molecular complexity index is 259. The molecule has 3 nitrogen and oxygen atoms in total. The summed E-state index contributed by atoms with van der Waals surface area (Å²) in [5, 5.41) is -0.201. The summed E-state index contributed by atoms with van der Waals surface area (Å²) in [6.07, 6.45) is 3.15. The van der Waals surface area contributed by atoms with Gasteiger partial charge in [0.25, 0.3) is 0 Å². The summed E-state index contributed by atoms with van der Waals surface area (Å²) in [6, 6.07) is 0. The van der Waals surface area contributed by atoms with Gasteiger partial charge in [-0.1, -0.05) is 12.2 Å². The van der Waals surface area contributed by atoms with E-state index in [0.29, 0.717) is 0 Å². The molecule has 0 saturated heterocycles. The number of allylic oxidation sites excluding steroid dienone is 1. The number of rotatable bonds is 2. The molecule has 1 N–H and O–H groups in total. The van der Waals surface area contributed by atoms with Crippen LogP contribution in [0.25, 0.3) is 0 Å². The number of nitrogens with one attached hydrogen (secondary N) is 1. The lowest BCUT2D eigenvalue weighted by molar-refractivity contribution is 0.531. The van der Waals surface area contributed by atoms with Crippen LogP contribution in [0, 0.1) is 0 Å². The van der Waals surface area contributed by atoms with Gasteiger partial charge in [-0.05, 0) is 32.7 Å². The minimum atomic E-state index is -3.04. The molecule has 1 saturated carbocycles. The smallest absolute Gasteiger partial charge is 0.214 e. The van der Waals surface area contributed by atoms with Crippen molar-refractivity contribution >= 4 is 10.0 Å². The third-order valence-corrected chi connectivity index (χ3v) is 4.28. The van der Waals surface area contributed by atoms with Gasteiger partial charge in [-0.25, -0.2) is 13.1 Å². The van der Waals surface area contributed by atoms with Crippen molar-refractivity contribution in [2.75, 3.05) is 7.05 Å². The van der Waals surface area contributed by atoms with Crippen molar-refractivity contribution in [2.24, 2.45) is 0 Å². The highest BCUT2D eigenvalue weighted by molar-refractivity contribution is 7.90. The molecule has 0 spiro atoms. The number of sulfonamides is 1. The summed E-state index contributed by atoms with van der Waals surface area (Å²) >= 11 is 0. The fourth-order valence-corrected chi connectivity index (χ4v) is 2.67. The summed E-state index contributed by atoms with van der Waals surface area (Å²) in [5.41, 5.74) is 1.18. The molecule has 0 aromatic heterocycles. The van der Waals surface area contributed by atoms with E-state index in [9.17, 15) is 8.42 Å². The van der Waals surface area contributed by atoms with Crippen molar-refractivity contribution in [2.45, 2.75) is 30.9 Å². The maximum absolute atomic E-state index is 11.3. The third kappa shape index (κ3) is 2.08. The van der Waals surface area contributed by atoms with E-state index in [4.69, 9.17) is 0 Å². The quantitative estimate of drug-likeness (QED) is 0.660. The zero-order chi connectivity index (χ0) is 9.19. The second kappa shape index (κ2) is 3.58. The van der Waals surface area contributed by atoms with Crippen molar-refractivity contribution in [3.05, 3.63) is 12.2 Å². The lowest BCUT2D eigenvalue weighted by Crippen LogP contribution is -2.33. The Hall–Kier alpha value is -0.350. The van der Waals surface area contributed by atoms with Crippen molar-refractivity contribution in [3.8, 4) is 0 Å². The van der Waals surface area contributed by atoms with Gasteiger partial charge in [-0.15, -0.1) is 0 Å². The molecule has 0 aliphatic heterocycles. The number of hydrogen-bond acceptors (Lipinski definition) is 2. The molecular formula is C8H15NO2S. The van der Waals surface area contributed by atoms with Crippen LogP contribution in [-0.2, 0) is 10.0 Å². The van der Waals surface area contributed by atoms with E-state index in [0.717, 1.165) is 25.7 Å². The van der Waals surface area contributed by atoms with Gasteiger partial charge >= 0.3 is 0 Å². The van der Waals surface area contributed by atoms with Gasteiger partial charge in [0.1, 0.15) is 0 Å². The Labute approximate surface area is 73.9 Å². The third-order valence-electron chi connectivity index (χ3n) is 2.36. The first kappa shape index (κ1) is 9.74. The molecule has 1 aliphatic rings. The summed E-state index contributed by atoms with van der Waals surface area (Å²) in [6.45, 7) is 3.84. The molecule has 0 bridgehead atoms. The lowest BCUT2D eigenvalue weighted by atomic mass is 9.96. The van der Waals surface area contributed by atoms with Gasteiger partial charge in [0.05, 0.1) is 5.25 Å². The van der Waals surface area contributed by atoms with E-state index >= 15 is 0 Å². The van der Waals surface area contributed by atoms with E-state index in [1.165, 1.54) is 12.6 Å². The number of hydrogen-bond donors (Lipinski definition) is 1. The second-order valence-electron chi connectivity index (χ2n) is 3.20. The Morgan fingerprint density at radius 3 is 2.33 bits per heavy atom. The molecular weight excluding hydrogens is 174 g/mol. The van der Waals surface area contributed by atoms with Gasteiger partial charge in [0.15, 0.2) is 0 Å². The van der Waals surface area contributed by atoms with Crippen LogP contribution in [0.1, 0.15) is 25.7 Å². The molecule has 0 heterocycles. The first-order chi connectivity index (χ1) is 5.56. The summed E-state index contributed by atoms with van der Waals surface area (Å²) < 4.78 is 25.0. The summed E-state index contributed by atoms with van der Waals surface area (Å²) in [7, 11) is -1.56. The van der Waals surface area contributed by atoms with Gasteiger partial charge in [0, 0.05) is 0 Å². The van der Waals surface area contributed by atoms with E-state index < -0.39 is 10.0 Å². The predicted octanol–water partition coefficient (Wildman–Crippen LogP) is 1.03. The van der Waals surface area contributed by atoms with Crippen LogP contribution < -0.4 is 4.72 Å². The van der Waals surface area contributed by atoms with Gasteiger partial charge in [-0.3, -0.25) is 0 Å². The van der Waals surface area contributed by atoms with Crippen molar-refractivity contribution < 1.29 is 8.42 Å². The van der Waals surface area contributed by atoms with Crippen molar-refractivity contribution in [1.82, 2.24) is 4.72 Å². The Balaban J connectivity index is 2.62. The van der Waals surface area contributed by atoms with Crippen LogP contribution in [0.3, 0.4) is 0 Å². The van der Waals surface area contributed by atoms with Crippen LogP contribution in [-0.4, -0.2) is 20.7 Å². The van der Waals surface area contributed by atoms with Crippen molar-refractivity contribution in [1.29, 1.82) is 0 Å². The van der Waals surface area contributed by atoms with Crippen LogP contribution in [0.4, 0.5) is 0 Å². The van der Waals surface area contributed by atoms with Crippen LogP contribution in [0.15, 0.2) is 12.2 Å². The van der Waals surface area contributed by atoms with E-state index in [1.807, 2.05) is 0 Å². The average molecular weight is 189 g/mol. The predicted molar refractivity (Wildman–Crippen MR) is 49.4 cm³/mol. The topological polar surface area (TPSA) is 46.2 Å². The lowest BCUT2D eigenvalue weighted by Gasteiger charge is -2.22. The van der Waals surface area contributed by atoms with Gasteiger partial charge < -0.3 is 0 Å². The first-order valence-electron chi connectivity index (χ1n) is 4.15. The maximum atomic E-state index is 11.3. The zero-order valence-corrected chi connectivity index (χ0v) is 8.15. The normalized spacial score (nSPS) is 21.2. The minimum Gasteiger partial charge on any atom is -0.218 e. The first-order valence-corrected chi connectivity index (χ1v) is 5.70. The highest BCUT2D eigenvalue weighted by Crippen LogP contribution is 2.25. The van der Waals surface area contributed by atoms with Crippen LogP contribution in [0.2, 0.25) is 0 Å². The summed E-state index contributed by atoms with van der Waals surface area (Å²) in [5.74, 6) is 0. The minimum absolute atomic E-state index is 0.201. The Morgan fingerprint density at radius 1 is 1.42 bits per heavy atom. The van der Waals surface area contributed by atoms with Gasteiger partial charge in [0.2, 0.25) is 10.0 Å². The fraction of sp³-hybridized carbons (Fsp3) is 0.750. The average Bonchev–Trinajstić information content (AvgIpc) is 2.05. The highest BCUT2D eigenvalue weighted by atomic mass is 32.2. The highest BCUT2D eigenvalue weighted by Gasteiger charge is 2.26. The summed E-state index contributed by atoms with van der Waals surface area (Å²) in [4.78, 5) is 0.